The van der Waals surface area contributed by atoms with E-state index < -0.39 is 16.0 Å². The van der Waals surface area contributed by atoms with Crippen LogP contribution in [0.2, 0.25) is 0 Å². The van der Waals surface area contributed by atoms with Gasteiger partial charge >= 0.3 is 16.0 Å². The van der Waals surface area contributed by atoms with Gasteiger partial charge in [0.25, 0.3) is 0 Å². The number of para-hydroxylation sites is 3. The van der Waals surface area contributed by atoms with E-state index in [1.807, 2.05) is 13.8 Å². The normalized spacial score (nSPS) is 12.3. The predicted octanol–water partition coefficient (Wildman–Crippen LogP) is 5.11. The van der Waals surface area contributed by atoms with Crippen LogP contribution in [0.3, 0.4) is 0 Å². The number of rotatable bonds is 13. The van der Waals surface area contributed by atoms with Crippen molar-refractivity contribution in [2.24, 2.45) is 0 Å². The second-order valence-corrected chi connectivity index (χ2v) is 11.9. The van der Waals surface area contributed by atoms with Crippen LogP contribution < -0.4 is 9.05 Å². The zero-order valence-electron chi connectivity index (χ0n) is 23.0. The van der Waals surface area contributed by atoms with Crippen molar-refractivity contribution in [1.29, 1.82) is 0 Å². The summed E-state index contributed by atoms with van der Waals surface area (Å²) in [5.74, 6) is -0.189. The molecule has 12 heteroatoms. The van der Waals surface area contributed by atoms with Gasteiger partial charge in [-0.3, -0.25) is 19.1 Å². The van der Waals surface area contributed by atoms with Gasteiger partial charge in [0, 0.05) is 24.8 Å². The monoisotopic (exact) mass is 605 g/mol. The molecule has 0 heterocycles. The SMILES string of the molecule is CCC=C(Cc1cccc(Cc2cccc(Cc3cccc(CC)c3O[P+](O)(O)O)c2O)c1OP(=O)(O)O)C(C)=O. The molecule has 0 aliphatic rings. The number of carbonyl (C=O) groups is 1. The molecule has 41 heavy (non-hydrogen) atoms. The van der Waals surface area contributed by atoms with Gasteiger partial charge in [-0.25, -0.2) is 4.57 Å². The van der Waals surface area contributed by atoms with E-state index >= 15 is 0 Å². The highest BCUT2D eigenvalue weighted by Gasteiger charge is 2.36. The number of aryl methyl sites for hydroxylation is 1. The standard InChI is InChI=1S/C29H34O10P2/c1-4-9-21(19(3)30)16-24-14-8-15-26(29(24)39-41(35,36)37)18-23-12-7-11-22(27(23)31)17-25-13-6-10-20(5-2)28(25)38-40(32,33)34/h6-15,32-34H,4-5,16-18H2,1-3H3,(H2-,31,35,36,37)/p+1. The molecule has 6 N–H and O–H groups in total. The molecule has 0 aromatic heterocycles. The molecule has 3 rings (SSSR count). The molecule has 220 valence electrons. The van der Waals surface area contributed by atoms with E-state index in [0.717, 1.165) is 0 Å². The summed E-state index contributed by atoms with van der Waals surface area (Å²) in [6.45, 7) is 5.15. The van der Waals surface area contributed by atoms with Crippen LogP contribution in [0.15, 0.2) is 66.2 Å². The van der Waals surface area contributed by atoms with Crippen LogP contribution in [-0.2, 0) is 35.0 Å². The number of phosphoric ester groups is 1. The van der Waals surface area contributed by atoms with Gasteiger partial charge in [-0.15, -0.1) is 0 Å². The zero-order chi connectivity index (χ0) is 30.4. The van der Waals surface area contributed by atoms with Crippen LogP contribution >= 0.6 is 16.0 Å². The van der Waals surface area contributed by atoms with Gasteiger partial charge in [-0.2, -0.15) is 14.7 Å². The van der Waals surface area contributed by atoms with Gasteiger partial charge in [0.05, 0.1) is 0 Å². The van der Waals surface area contributed by atoms with Gasteiger partial charge in [0.1, 0.15) is 11.5 Å². The molecule has 0 bridgehead atoms. The molecule has 0 fully saturated rings. The van der Waals surface area contributed by atoms with Crippen LogP contribution in [0.25, 0.3) is 0 Å². The van der Waals surface area contributed by atoms with E-state index in [9.17, 15) is 38.9 Å². The molecule has 0 saturated carbocycles. The number of phenolic OH excluding ortho intramolecular Hbond substituents is 1. The highest BCUT2D eigenvalue weighted by molar-refractivity contribution is 7.53. The first-order chi connectivity index (χ1) is 19.2. The lowest BCUT2D eigenvalue weighted by Crippen LogP contribution is -2.06. The summed E-state index contributed by atoms with van der Waals surface area (Å²) in [6.07, 6.45) is 3.14. The summed E-state index contributed by atoms with van der Waals surface area (Å²) in [6, 6.07) is 15.2. The zero-order valence-corrected chi connectivity index (χ0v) is 24.8. The van der Waals surface area contributed by atoms with Gasteiger partial charge < -0.3 is 9.63 Å². The second-order valence-electron chi connectivity index (χ2n) is 9.50. The van der Waals surface area contributed by atoms with Crippen LogP contribution in [0.4, 0.5) is 0 Å². The van der Waals surface area contributed by atoms with Crippen molar-refractivity contribution in [2.45, 2.75) is 52.9 Å². The lowest BCUT2D eigenvalue weighted by atomic mass is 9.93. The average molecular weight is 606 g/mol. The minimum atomic E-state index is -4.97. The summed E-state index contributed by atoms with van der Waals surface area (Å²) in [7, 11) is -9.56. The average Bonchev–Trinajstić information content (AvgIpc) is 2.87. The highest BCUT2D eigenvalue weighted by atomic mass is 31.2. The number of phenols is 1. The van der Waals surface area contributed by atoms with E-state index in [1.54, 1.807) is 60.7 Å². The Bertz CT molecular complexity index is 1470. The number of Topliss-reactive ketones (excluding diaryl/α,β-unsaturated/α-hetero) is 1. The number of allylic oxidation sites excluding steroid dienone is 2. The predicted molar refractivity (Wildman–Crippen MR) is 156 cm³/mol. The minimum absolute atomic E-state index is 0.0483. The number of aromatic hydroxyl groups is 1. The number of phosphoric acid groups is 1. The Labute approximate surface area is 239 Å². The maximum atomic E-state index is 12.1. The lowest BCUT2D eigenvalue weighted by Gasteiger charge is -2.18. The van der Waals surface area contributed by atoms with Crippen LogP contribution in [0.1, 0.15) is 60.6 Å². The van der Waals surface area contributed by atoms with E-state index in [0.29, 0.717) is 51.8 Å². The molecular weight excluding hydrogens is 570 g/mol. The highest BCUT2D eigenvalue weighted by Crippen LogP contribution is 2.49. The molecule has 0 radical (unpaired) electrons. The first-order valence-corrected chi connectivity index (χ1v) is 16.0. The fraction of sp³-hybridized carbons (Fsp3) is 0.276. The van der Waals surface area contributed by atoms with Gasteiger partial charge in [0.15, 0.2) is 11.5 Å². The summed E-state index contributed by atoms with van der Waals surface area (Å²) in [5.41, 5.74) is 3.34. The number of carbonyl (C=O) groups excluding carboxylic acids is 1. The van der Waals surface area contributed by atoms with Crippen LogP contribution in [0.5, 0.6) is 17.2 Å². The van der Waals surface area contributed by atoms with E-state index in [4.69, 9.17) is 9.05 Å². The molecular formula is C29H35O10P2+. The molecule has 0 atom stereocenters. The third kappa shape index (κ3) is 9.21. The Morgan fingerprint density at radius 1 is 0.829 bits per heavy atom. The largest absolute Gasteiger partial charge is 0.613 e. The summed E-state index contributed by atoms with van der Waals surface area (Å²) >= 11 is 0. The van der Waals surface area contributed by atoms with Gasteiger partial charge in [0.2, 0.25) is 0 Å². The summed E-state index contributed by atoms with van der Waals surface area (Å²) < 4.78 is 22.1. The van der Waals surface area contributed by atoms with Crippen molar-refractivity contribution in [3.05, 3.63) is 99.6 Å². The first-order valence-electron chi connectivity index (χ1n) is 13.0. The Kier molecular flexibility index (Phi) is 10.9. The Hall–Kier alpha value is -3.07. The van der Waals surface area contributed by atoms with Crippen molar-refractivity contribution in [2.75, 3.05) is 0 Å². The van der Waals surface area contributed by atoms with Crippen molar-refractivity contribution < 1.29 is 48.0 Å². The number of hydrogen-bond acceptors (Lipinski definition) is 8. The van der Waals surface area contributed by atoms with Crippen molar-refractivity contribution in [3.8, 4) is 17.2 Å². The molecule has 3 aromatic rings. The molecule has 3 aromatic carbocycles. The minimum Gasteiger partial charge on any atom is -0.507 e. The quantitative estimate of drug-likeness (QED) is 0.114. The Morgan fingerprint density at radius 2 is 1.32 bits per heavy atom. The Morgan fingerprint density at radius 3 is 1.78 bits per heavy atom. The Balaban J connectivity index is 2.03. The van der Waals surface area contributed by atoms with Crippen LogP contribution in [0, 0.1) is 0 Å². The third-order valence-corrected chi connectivity index (χ3v) is 7.26. The fourth-order valence-corrected chi connectivity index (χ4v) is 5.53. The fourth-order valence-electron chi connectivity index (χ4n) is 4.58. The topological polar surface area (TPSA) is 174 Å². The van der Waals surface area contributed by atoms with Crippen molar-refractivity contribution in [1.82, 2.24) is 0 Å². The maximum absolute atomic E-state index is 12.1. The molecule has 0 aliphatic heterocycles. The lowest BCUT2D eigenvalue weighted by molar-refractivity contribution is -0.113. The molecule has 0 amide bonds. The molecule has 0 unspecified atom stereocenters. The number of ketones is 1. The summed E-state index contributed by atoms with van der Waals surface area (Å²) in [4.78, 5) is 60.1. The van der Waals surface area contributed by atoms with E-state index in [1.165, 1.54) is 6.92 Å². The van der Waals surface area contributed by atoms with Crippen molar-refractivity contribution >= 4 is 21.8 Å². The maximum Gasteiger partial charge on any atom is 0.613 e. The van der Waals surface area contributed by atoms with E-state index in [-0.39, 0.29) is 42.3 Å². The van der Waals surface area contributed by atoms with Gasteiger partial charge in [-0.05, 0) is 53.2 Å². The molecule has 0 spiro atoms. The van der Waals surface area contributed by atoms with E-state index in [2.05, 4.69) is 0 Å². The third-order valence-electron chi connectivity index (χ3n) is 6.41. The van der Waals surface area contributed by atoms with Crippen LogP contribution in [-0.4, -0.2) is 35.4 Å². The smallest absolute Gasteiger partial charge is 0.507 e. The molecule has 10 nitrogen and oxygen atoms in total. The number of benzene rings is 3. The first kappa shape index (κ1) is 32.4. The second kappa shape index (κ2) is 13.7. The van der Waals surface area contributed by atoms with Gasteiger partial charge in [-0.1, -0.05) is 74.5 Å². The summed E-state index contributed by atoms with van der Waals surface area (Å²) in [5, 5.41) is 11.2. The molecule has 0 aliphatic carbocycles. The number of hydrogen-bond donors (Lipinski definition) is 6. The molecule has 0 saturated heterocycles. The van der Waals surface area contributed by atoms with Crippen molar-refractivity contribution in [3.63, 3.8) is 0 Å².